The van der Waals surface area contributed by atoms with Gasteiger partial charge in [0.15, 0.2) is 0 Å². The summed E-state index contributed by atoms with van der Waals surface area (Å²) >= 11 is 0. The van der Waals surface area contributed by atoms with Gasteiger partial charge in [0.25, 0.3) is 5.91 Å². The monoisotopic (exact) mass is 358 g/mol. The summed E-state index contributed by atoms with van der Waals surface area (Å²) in [4.78, 5) is 24.9. The van der Waals surface area contributed by atoms with Crippen molar-refractivity contribution >= 4 is 17.5 Å². The molecule has 2 aromatic carbocycles. The van der Waals surface area contributed by atoms with Gasteiger partial charge in [-0.15, -0.1) is 0 Å². The Kier molecular flexibility index (Phi) is 6.72. The van der Waals surface area contributed by atoms with E-state index in [-0.39, 0.29) is 11.8 Å². The SMILES string of the molecule is CCOc1ccc(NC(=O)C(NC(=O)c2ccc(F)cc2)C(C)C)cc1. The van der Waals surface area contributed by atoms with Crippen LogP contribution in [0.25, 0.3) is 0 Å². The molecule has 26 heavy (non-hydrogen) atoms. The standard InChI is InChI=1S/C20H23FN2O3/c1-4-26-17-11-9-16(10-12-17)22-20(25)18(13(2)3)23-19(24)14-5-7-15(21)8-6-14/h5-13,18H,4H2,1-3H3,(H,22,25)(H,23,24). The predicted molar refractivity (Wildman–Crippen MR) is 98.7 cm³/mol. The number of hydrogen-bond acceptors (Lipinski definition) is 3. The Morgan fingerprint density at radius 1 is 1.04 bits per heavy atom. The molecule has 1 unspecified atom stereocenters. The molecule has 2 N–H and O–H groups in total. The van der Waals surface area contributed by atoms with E-state index in [9.17, 15) is 14.0 Å². The van der Waals surface area contributed by atoms with Crippen LogP contribution >= 0.6 is 0 Å². The third-order valence-corrected chi connectivity index (χ3v) is 3.78. The van der Waals surface area contributed by atoms with Crippen LogP contribution < -0.4 is 15.4 Å². The average molecular weight is 358 g/mol. The third-order valence-electron chi connectivity index (χ3n) is 3.78. The van der Waals surface area contributed by atoms with Crippen LogP contribution in [0, 0.1) is 11.7 Å². The van der Waals surface area contributed by atoms with Gasteiger partial charge in [0.2, 0.25) is 5.91 Å². The second-order valence-electron chi connectivity index (χ2n) is 6.15. The third kappa shape index (κ3) is 5.31. The van der Waals surface area contributed by atoms with Gasteiger partial charge in [0, 0.05) is 11.3 Å². The van der Waals surface area contributed by atoms with Crippen molar-refractivity contribution in [1.82, 2.24) is 5.32 Å². The molecule has 5 nitrogen and oxygen atoms in total. The molecule has 0 saturated carbocycles. The summed E-state index contributed by atoms with van der Waals surface area (Å²) < 4.78 is 18.3. The fourth-order valence-corrected chi connectivity index (χ4v) is 2.38. The van der Waals surface area contributed by atoms with Gasteiger partial charge >= 0.3 is 0 Å². The number of nitrogens with one attached hydrogen (secondary N) is 2. The van der Waals surface area contributed by atoms with Gasteiger partial charge in [-0.25, -0.2) is 4.39 Å². The first-order valence-corrected chi connectivity index (χ1v) is 8.51. The first-order chi connectivity index (χ1) is 12.4. The number of hydrogen-bond donors (Lipinski definition) is 2. The Morgan fingerprint density at radius 3 is 2.19 bits per heavy atom. The molecule has 0 aliphatic rings. The zero-order chi connectivity index (χ0) is 19.1. The number of amides is 2. The summed E-state index contributed by atoms with van der Waals surface area (Å²) in [7, 11) is 0. The highest BCUT2D eigenvalue weighted by atomic mass is 19.1. The minimum absolute atomic E-state index is 0.123. The van der Waals surface area contributed by atoms with Crippen molar-refractivity contribution in [2.75, 3.05) is 11.9 Å². The number of benzene rings is 2. The molecule has 2 aromatic rings. The summed E-state index contributed by atoms with van der Waals surface area (Å²) in [5.41, 5.74) is 0.908. The number of halogens is 1. The molecule has 138 valence electrons. The molecule has 0 aromatic heterocycles. The zero-order valence-electron chi connectivity index (χ0n) is 15.1. The number of carbonyl (C=O) groups is 2. The van der Waals surface area contributed by atoms with Gasteiger partial charge in [-0.3, -0.25) is 9.59 Å². The van der Waals surface area contributed by atoms with Gasteiger partial charge in [0.05, 0.1) is 6.61 Å². The summed E-state index contributed by atoms with van der Waals surface area (Å²) in [5, 5.41) is 5.50. The van der Waals surface area contributed by atoms with E-state index in [2.05, 4.69) is 10.6 Å². The molecule has 2 amide bonds. The molecule has 0 aliphatic carbocycles. The fraction of sp³-hybridized carbons (Fsp3) is 0.300. The Balaban J connectivity index is 2.04. The molecule has 1 atom stereocenters. The molecule has 0 fully saturated rings. The van der Waals surface area contributed by atoms with E-state index in [1.54, 1.807) is 24.3 Å². The zero-order valence-corrected chi connectivity index (χ0v) is 15.1. The van der Waals surface area contributed by atoms with E-state index in [1.807, 2.05) is 20.8 Å². The van der Waals surface area contributed by atoms with Crippen LogP contribution in [0.4, 0.5) is 10.1 Å². The summed E-state index contributed by atoms with van der Waals surface area (Å²) in [6, 6.07) is 11.5. The quantitative estimate of drug-likeness (QED) is 0.794. The minimum atomic E-state index is -0.723. The first kappa shape index (κ1) is 19.4. The topological polar surface area (TPSA) is 67.4 Å². The predicted octanol–water partition coefficient (Wildman–Crippen LogP) is 3.62. The smallest absolute Gasteiger partial charge is 0.251 e. The van der Waals surface area contributed by atoms with Crippen LogP contribution in [0.3, 0.4) is 0 Å². The largest absolute Gasteiger partial charge is 0.494 e. The molecular formula is C20H23FN2O3. The van der Waals surface area contributed by atoms with Crippen LogP contribution in [0.15, 0.2) is 48.5 Å². The Labute approximate surface area is 152 Å². The van der Waals surface area contributed by atoms with Gasteiger partial charge < -0.3 is 15.4 Å². The maximum absolute atomic E-state index is 13.0. The van der Waals surface area contributed by atoms with E-state index in [1.165, 1.54) is 24.3 Å². The summed E-state index contributed by atoms with van der Waals surface area (Å²) in [6.07, 6.45) is 0. The Bertz CT molecular complexity index is 743. The fourth-order valence-electron chi connectivity index (χ4n) is 2.38. The molecule has 0 heterocycles. The van der Waals surface area contributed by atoms with E-state index in [0.29, 0.717) is 17.9 Å². The molecule has 0 spiro atoms. The molecule has 0 saturated heterocycles. The number of rotatable bonds is 7. The average Bonchev–Trinajstić information content (AvgIpc) is 2.61. The lowest BCUT2D eigenvalue weighted by Gasteiger charge is -2.22. The van der Waals surface area contributed by atoms with E-state index >= 15 is 0 Å². The van der Waals surface area contributed by atoms with Crippen LogP contribution in [0.5, 0.6) is 5.75 Å². The lowest BCUT2D eigenvalue weighted by atomic mass is 10.0. The van der Waals surface area contributed by atoms with E-state index in [4.69, 9.17) is 4.74 Å². The second-order valence-corrected chi connectivity index (χ2v) is 6.15. The normalized spacial score (nSPS) is 11.7. The first-order valence-electron chi connectivity index (χ1n) is 8.51. The lowest BCUT2D eigenvalue weighted by Crippen LogP contribution is -2.47. The molecular weight excluding hydrogens is 335 g/mol. The number of carbonyl (C=O) groups excluding carboxylic acids is 2. The Morgan fingerprint density at radius 2 is 1.65 bits per heavy atom. The maximum atomic E-state index is 13.0. The van der Waals surface area contributed by atoms with Crippen LogP contribution in [-0.2, 0) is 4.79 Å². The molecule has 0 radical (unpaired) electrons. The number of ether oxygens (including phenoxy) is 1. The highest BCUT2D eigenvalue weighted by molar-refractivity contribution is 6.01. The maximum Gasteiger partial charge on any atom is 0.251 e. The highest BCUT2D eigenvalue weighted by Gasteiger charge is 2.24. The summed E-state index contributed by atoms with van der Waals surface area (Å²) in [5.74, 6) is -0.571. The van der Waals surface area contributed by atoms with Crippen molar-refractivity contribution < 1.29 is 18.7 Å². The minimum Gasteiger partial charge on any atom is -0.494 e. The van der Waals surface area contributed by atoms with Crippen molar-refractivity contribution in [2.24, 2.45) is 5.92 Å². The molecule has 6 heteroatoms. The van der Waals surface area contributed by atoms with E-state index in [0.717, 1.165) is 5.75 Å². The highest BCUT2D eigenvalue weighted by Crippen LogP contribution is 2.16. The van der Waals surface area contributed by atoms with Crippen molar-refractivity contribution in [2.45, 2.75) is 26.8 Å². The van der Waals surface area contributed by atoms with Crippen molar-refractivity contribution in [3.63, 3.8) is 0 Å². The van der Waals surface area contributed by atoms with Gasteiger partial charge in [-0.1, -0.05) is 13.8 Å². The van der Waals surface area contributed by atoms with E-state index < -0.39 is 17.8 Å². The summed E-state index contributed by atoms with van der Waals surface area (Å²) in [6.45, 7) is 6.14. The van der Waals surface area contributed by atoms with Gasteiger partial charge in [-0.05, 0) is 61.4 Å². The molecule has 0 bridgehead atoms. The van der Waals surface area contributed by atoms with Gasteiger partial charge in [0.1, 0.15) is 17.6 Å². The van der Waals surface area contributed by atoms with Gasteiger partial charge in [-0.2, -0.15) is 0 Å². The van der Waals surface area contributed by atoms with Crippen molar-refractivity contribution in [3.05, 3.63) is 59.9 Å². The van der Waals surface area contributed by atoms with Crippen molar-refractivity contribution in [3.8, 4) is 5.75 Å². The van der Waals surface area contributed by atoms with Crippen LogP contribution in [0.2, 0.25) is 0 Å². The molecule has 0 aliphatic heterocycles. The number of anilines is 1. The lowest BCUT2D eigenvalue weighted by molar-refractivity contribution is -0.118. The van der Waals surface area contributed by atoms with Crippen LogP contribution in [0.1, 0.15) is 31.1 Å². The Hall–Kier alpha value is -2.89. The van der Waals surface area contributed by atoms with Crippen LogP contribution in [-0.4, -0.2) is 24.5 Å². The molecule has 2 rings (SSSR count). The van der Waals surface area contributed by atoms with Crippen molar-refractivity contribution in [1.29, 1.82) is 0 Å². The second kappa shape index (κ2) is 8.99.